The van der Waals surface area contributed by atoms with Gasteiger partial charge in [0.25, 0.3) is 0 Å². The number of nitrogens with two attached hydrogens (primary N) is 1. The molecule has 7 nitrogen and oxygen atoms in total. The Bertz CT molecular complexity index is 628. The van der Waals surface area contributed by atoms with Crippen LogP contribution in [-0.2, 0) is 20.8 Å². The summed E-state index contributed by atoms with van der Waals surface area (Å²) in [6, 6.07) is 8.43. The summed E-state index contributed by atoms with van der Waals surface area (Å²) >= 11 is 0. The lowest BCUT2D eigenvalue weighted by atomic mass is 9.90. The SMILES string of the molecule is CN(CCOc1cccc(CNC(=O)C2(N)CCOCC2)c1)C1CCOCC1. The monoisotopic (exact) mass is 391 g/mol. The van der Waals surface area contributed by atoms with Gasteiger partial charge in [-0.2, -0.15) is 0 Å². The molecule has 2 aliphatic heterocycles. The Kier molecular flexibility index (Phi) is 7.67. The van der Waals surface area contributed by atoms with Crippen LogP contribution in [0.1, 0.15) is 31.2 Å². The highest BCUT2D eigenvalue weighted by Crippen LogP contribution is 2.19. The van der Waals surface area contributed by atoms with Crippen molar-refractivity contribution in [1.29, 1.82) is 0 Å². The van der Waals surface area contributed by atoms with E-state index in [1.807, 2.05) is 24.3 Å². The van der Waals surface area contributed by atoms with E-state index in [-0.39, 0.29) is 5.91 Å². The maximum atomic E-state index is 12.4. The predicted molar refractivity (Wildman–Crippen MR) is 107 cm³/mol. The minimum absolute atomic E-state index is 0.111. The molecule has 3 rings (SSSR count). The van der Waals surface area contributed by atoms with E-state index in [0.717, 1.165) is 43.9 Å². The highest BCUT2D eigenvalue weighted by molar-refractivity contribution is 5.86. The highest BCUT2D eigenvalue weighted by Gasteiger charge is 2.35. The van der Waals surface area contributed by atoms with Gasteiger partial charge in [-0.05, 0) is 50.4 Å². The van der Waals surface area contributed by atoms with Gasteiger partial charge in [-0.3, -0.25) is 9.69 Å². The van der Waals surface area contributed by atoms with Gasteiger partial charge >= 0.3 is 0 Å². The summed E-state index contributed by atoms with van der Waals surface area (Å²) in [7, 11) is 2.14. The molecule has 7 heteroatoms. The molecule has 1 aromatic carbocycles. The molecule has 0 spiro atoms. The summed E-state index contributed by atoms with van der Waals surface area (Å²) in [5, 5.41) is 2.96. The van der Waals surface area contributed by atoms with Gasteiger partial charge in [-0.1, -0.05) is 12.1 Å². The van der Waals surface area contributed by atoms with Crippen LogP contribution >= 0.6 is 0 Å². The van der Waals surface area contributed by atoms with Crippen molar-refractivity contribution >= 4 is 5.91 Å². The third-order valence-corrected chi connectivity index (χ3v) is 5.72. The average Bonchev–Trinajstić information content (AvgIpc) is 2.73. The standard InChI is InChI=1S/C21H33N3O4/c1-24(18-5-10-26-11-6-18)9-14-28-19-4-2-3-17(15-19)16-23-20(25)21(22)7-12-27-13-8-21/h2-4,15,18H,5-14,16,22H2,1H3,(H,23,25). The molecule has 0 unspecified atom stereocenters. The van der Waals surface area contributed by atoms with Crippen LogP contribution < -0.4 is 15.8 Å². The zero-order valence-corrected chi connectivity index (χ0v) is 16.8. The number of likely N-dealkylation sites (N-methyl/N-ethyl adjacent to an activating group) is 1. The predicted octanol–water partition coefficient (Wildman–Crippen LogP) is 1.30. The summed E-state index contributed by atoms with van der Waals surface area (Å²) in [6.45, 7) is 4.73. The smallest absolute Gasteiger partial charge is 0.240 e. The van der Waals surface area contributed by atoms with E-state index in [1.165, 1.54) is 0 Å². The minimum Gasteiger partial charge on any atom is -0.492 e. The number of benzene rings is 1. The van der Waals surface area contributed by atoms with Crippen molar-refractivity contribution in [2.24, 2.45) is 5.73 Å². The molecule has 0 aliphatic carbocycles. The van der Waals surface area contributed by atoms with E-state index in [1.54, 1.807) is 0 Å². The second-order valence-corrected chi connectivity index (χ2v) is 7.77. The number of carbonyl (C=O) groups is 1. The first kappa shape index (κ1) is 21.0. The van der Waals surface area contributed by atoms with E-state index in [0.29, 0.717) is 45.2 Å². The number of ether oxygens (including phenoxy) is 3. The van der Waals surface area contributed by atoms with Crippen molar-refractivity contribution in [3.05, 3.63) is 29.8 Å². The Labute approximate surface area is 167 Å². The lowest BCUT2D eigenvalue weighted by molar-refractivity contribution is -0.129. The molecule has 1 amide bonds. The molecule has 3 N–H and O–H groups in total. The summed E-state index contributed by atoms with van der Waals surface area (Å²) in [4.78, 5) is 14.8. The number of nitrogens with one attached hydrogen (secondary N) is 1. The Morgan fingerprint density at radius 2 is 1.96 bits per heavy atom. The van der Waals surface area contributed by atoms with Crippen molar-refractivity contribution in [3.63, 3.8) is 0 Å². The van der Waals surface area contributed by atoms with Crippen LogP contribution in [0.2, 0.25) is 0 Å². The number of rotatable bonds is 8. The molecule has 2 fully saturated rings. The molecular weight excluding hydrogens is 358 g/mol. The summed E-state index contributed by atoms with van der Waals surface area (Å²) < 4.78 is 16.6. The van der Waals surface area contributed by atoms with Crippen LogP contribution in [0.25, 0.3) is 0 Å². The Balaban J connectivity index is 1.42. The Morgan fingerprint density at radius 3 is 2.71 bits per heavy atom. The van der Waals surface area contributed by atoms with Crippen molar-refractivity contribution in [2.45, 2.75) is 43.8 Å². The van der Waals surface area contributed by atoms with Crippen LogP contribution in [-0.4, -0.2) is 69.0 Å². The molecule has 0 radical (unpaired) electrons. The quantitative estimate of drug-likeness (QED) is 0.695. The first-order valence-electron chi connectivity index (χ1n) is 10.2. The first-order valence-corrected chi connectivity index (χ1v) is 10.2. The van der Waals surface area contributed by atoms with E-state index in [4.69, 9.17) is 19.9 Å². The van der Waals surface area contributed by atoms with Gasteiger partial charge in [0.2, 0.25) is 5.91 Å². The average molecular weight is 392 g/mol. The molecule has 0 bridgehead atoms. The number of amides is 1. The molecule has 0 atom stereocenters. The fourth-order valence-electron chi connectivity index (χ4n) is 3.68. The molecule has 0 aromatic heterocycles. The minimum atomic E-state index is -0.818. The molecule has 28 heavy (non-hydrogen) atoms. The number of nitrogens with zero attached hydrogens (tertiary/aromatic N) is 1. The summed E-state index contributed by atoms with van der Waals surface area (Å²) in [5.74, 6) is 0.709. The molecule has 2 aliphatic rings. The lowest BCUT2D eigenvalue weighted by Crippen LogP contribution is -2.56. The first-order chi connectivity index (χ1) is 13.6. The van der Waals surface area contributed by atoms with Crippen LogP contribution in [0.3, 0.4) is 0 Å². The fourth-order valence-corrected chi connectivity index (χ4v) is 3.68. The van der Waals surface area contributed by atoms with E-state index >= 15 is 0 Å². The van der Waals surface area contributed by atoms with Gasteiger partial charge in [-0.15, -0.1) is 0 Å². The van der Waals surface area contributed by atoms with E-state index in [9.17, 15) is 4.79 Å². The molecule has 1 aromatic rings. The second kappa shape index (κ2) is 10.2. The van der Waals surface area contributed by atoms with E-state index in [2.05, 4.69) is 17.3 Å². The zero-order chi connectivity index (χ0) is 19.8. The van der Waals surface area contributed by atoms with Crippen molar-refractivity contribution in [2.75, 3.05) is 46.6 Å². The van der Waals surface area contributed by atoms with Gasteiger partial charge in [0, 0.05) is 45.6 Å². The second-order valence-electron chi connectivity index (χ2n) is 7.77. The largest absolute Gasteiger partial charge is 0.492 e. The maximum Gasteiger partial charge on any atom is 0.240 e. The number of hydrogen-bond acceptors (Lipinski definition) is 6. The van der Waals surface area contributed by atoms with Crippen LogP contribution in [0.15, 0.2) is 24.3 Å². The Morgan fingerprint density at radius 1 is 1.25 bits per heavy atom. The van der Waals surface area contributed by atoms with Gasteiger partial charge in [0.05, 0.1) is 5.54 Å². The normalized spacial score (nSPS) is 20.1. The Hall–Kier alpha value is -1.67. The zero-order valence-electron chi connectivity index (χ0n) is 16.8. The molecule has 2 saturated heterocycles. The topological polar surface area (TPSA) is 86.1 Å². The molecule has 0 saturated carbocycles. The van der Waals surface area contributed by atoms with Crippen molar-refractivity contribution in [1.82, 2.24) is 10.2 Å². The van der Waals surface area contributed by atoms with Gasteiger partial charge in [0.15, 0.2) is 0 Å². The van der Waals surface area contributed by atoms with Gasteiger partial charge in [0.1, 0.15) is 12.4 Å². The molecule has 156 valence electrons. The summed E-state index contributed by atoms with van der Waals surface area (Å²) in [6.07, 6.45) is 3.28. The summed E-state index contributed by atoms with van der Waals surface area (Å²) in [5.41, 5.74) is 6.40. The van der Waals surface area contributed by atoms with Crippen LogP contribution in [0, 0.1) is 0 Å². The fraction of sp³-hybridized carbons (Fsp3) is 0.667. The molecular formula is C21H33N3O4. The van der Waals surface area contributed by atoms with Crippen LogP contribution in [0.4, 0.5) is 0 Å². The highest BCUT2D eigenvalue weighted by atomic mass is 16.5. The third kappa shape index (κ3) is 5.91. The number of carbonyl (C=O) groups excluding carboxylic acids is 1. The van der Waals surface area contributed by atoms with Crippen molar-refractivity contribution < 1.29 is 19.0 Å². The van der Waals surface area contributed by atoms with Crippen molar-refractivity contribution in [3.8, 4) is 5.75 Å². The number of hydrogen-bond donors (Lipinski definition) is 2. The van der Waals surface area contributed by atoms with Crippen LogP contribution in [0.5, 0.6) is 5.75 Å². The van der Waals surface area contributed by atoms with Gasteiger partial charge < -0.3 is 25.3 Å². The maximum absolute atomic E-state index is 12.4. The lowest BCUT2D eigenvalue weighted by Gasteiger charge is -2.31. The van der Waals surface area contributed by atoms with E-state index < -0.39 is 5.54 Å². The third-order valence-electron chi connectivity index (χ3n) is 5.72. The molecule has 2 heterocycles. The van der Waals surface area contributed by atoms with Gasteiger partial charge in [-0.25, -0.2) is 0 Å².